The number of anilines is 1. The number of hydrogen-bond acceptors (Lipinski definition) is 6. The molecule has 4 aromatic rings. The summed E-state index contributed by atoms with van der Waals surface area (Å²) in [5.41, 5.74) is 1.82. The van der Waals surface area contributed by atoms with Gasteiger partial charge in [-0.2, -0.15) is 0 Å². The van der Waals surface area contributed by atoms with Crippen molar-refractivity contribution in [1.29, 1.82) is 0 Å². The van der Waals surface area contributed by atoms with Crippen LogP contribution in [0.15, 0.2) is 77.2 Å². The summed E-state index contributed by atoms with van der Waals surface area (Å²) in [5.74, 6) is 1.53. The van der Waals surface area contributed by atoms with Gasteiger partial charge >= 0.3 is 6.03 Å². The Morgan fingerprint density at radius 2 is 1.73 bits per heavy atom. The fourth-order valence-corrected chi connectivity index (χ4v) is 3.45. The number of halogens is 1. The minimum absolute atomic E-state index is 0.212. The molecule has 168 valence electrons. The lowest BCUT2D eigenvalue weighted by atomic mass is 10.1. The largest absolute Gasteiger partial charge is 0.497 e. The summed E-state index contributed by atoms with van der Waals surface area (Å²) in [4.78, 5) is 12.9. The summed E-state index contributed by atoms with van der Waals surface area (Å²) < 4.78 is 16.5. The van der Waals surface area contributed by atoms with Crippen molar-refractivity contribution in [3.63, 3.8) is 0 Å². The van der Waals surface area contributed by atoms with Crippen LogP contribution in [0.2, 0.25) is 5.02 Å². The number of urea groups is 1. The number of amides is 2. The van der Waals surface area contributed by atoms with Gasteiger partial charge in [-0.25, -0.2) is 4.79 Å². The first kappa shape index (κ1) is 22.2. The molecule has 1 atom stereocenters. The molecule has 2 amide bonds. The highest BCUT2D eigenvalue weighted by Gasteiger charge is 2.24. The second-order valence-corrected chi connectivity index (χ2v) is 7.34. The summed E-state index contributed by atoms with van der Waals surface area (Å²) >= 11 is 6.26. The molecule has 0 saturated heterocycles. The van der Waals surface area contributed by atoms with E-state index in [1.807, 2.05) is 42.5 Å². The van der Waals surface area contributed by atoms with E-state index in [2.05, 4.69) is 20.8 Å². The van der Waals surface area contributed by atoms with Crippen molar-refractivity contribution < 1.29 is 18.7 Å². The minimum Gasteiger partial charge on any atom is -0.497 e. The Morgan fingerprint density at radius 1 is 0.970 bits per heavy atom. The normalized spacial score (nSPS) is 11.5. The third-order valence-electron chi connectivity index (χ3n) is 4.86. The summed E-state index contributed by atoms with van der Waals surface area (Å²) in [7, 11) is 3.07. The van der Waals surface area contributed by atoms with Crippen molar-refractivity contribution >= 4 is 23.3 Å². The molecule has 0 fully saturated rings. The first-order chi connectivity index (χ1) is 16.1. The number of ether oxygens (including phenoxy) is 2. The van der Waals surface area contributed by atoms with Crippen LogP contribution in [-0.4, -0.2) is 30.4 Å². The van der Waals surface area contributed by atoms with Crippen LogP contribution < -0.4 is 20.1 Å². The molecule has 0 unspecified atom stereocenters. The molecular formula is C24H21ClN4O4. The lowest BCUT2D eigenvalue weighted by Crippen LogP contribution is -2.33. The van der Waals surface area contributed by atoms with Gasteiger partial charge in [-0.05, 0) is 29.8 Å². The molecule has 33 heavy (non-hydrogen) atoms. The van der Waals surface area contributed by atoms with E-state index in [0.717, 1.165) is 5.56 Å². The zero-order valence-electron chi connectivity index (χ0n) is 17.9. The monoisotopic (exact) mass is 464 g/mol. The van der Waals surface area contributed by atoms with Crippen LogP contribution in [0.25, 0.3) is 11.5 Å². The van der Waals surface area contributed by atoms with Gasteiger partial charge < -0.3 is 24.5 Å². The van der Waals surface area contributed by atoms with Gasteiger partial charge in [0.05, 0.1) is 30.5 Å². The maximum absolute atomic E-state index is 12.9. The molecule has 3 aromatic carbocycles. The van der Waals surface area contributed by atoms with E-state index >= 15 is 0 Å². The lowest BCUT2D eigenvalue weighted by Gasteiger charge is -2.17. The number of methoxy groups -OCH3 is 2. The molecule has 1 aromatic heterocycles. The van der Waals surface area contributed by atoms with Crippen LogP contribution in [0.4, 0.5) is 10.5 Å². The third kappa shape index (κ3) is 5.07. The predicted molar refractivity (Wildman–Crippen MR) is 125 cm³/mol. The molecule has 0 aliphatic carbocycles. The maximum atomic E-state index is 12.9. The summed E-state index contributed by atoms with van der Waals surface area (Å²) in [6, 6.07) is 20.4. The fourth-order valence-electron chi connectivity index (χ4n) is 3.23. The quantitative estimate of drug-likeness (QED) is 0.384. The van der Waals surface area contributed by atoms with Crippen molar-refractivity contribution in [3.05, 3.63) is 89.3 Å². The van der Waals surface area contributed by atoms with Crippen molar-refractivity contribution in [3.8, 4) is 23.0 Å². The Morgan fingerprint density at radius 3 is 2.45 bits per heavy atom. The molecule has 0 saturated carbocycles. The molecule has 0 radical (unpaired) electrons. The van der Waals surface area contributed by atoms with Gasteiger partial charge in [-0.1, -0.05) is 54.1 Å². The van der Waals surface area contributed by atoms with Crippen LogP contribution in [0.1, 0.15) is 17.5 Å². The highest BCUT2D eigenvalue weighted by Crippen LogP contribution is 2.31. The maximum Gasteiger partial charge on any atom is 0.320 e. The van der Waals surface area contributed by atoms with Gasteiger partial charge in [-0.3, -0.25) is 0 Å². The molecule has 0 aliphatic rings. The lowest BCUT2D eigenvalue weighted by molar-refractivity contribution is 0.248. The zero-order chi connectivity index (χ0) is 23.2. The van der Waals surface area contributed by atoms with Gasteiger partial charge in [0.25, 0.3) is 0 Å². The van der Waals surface area contributed by atoms with E-state index in [9.17, 15) is 4.79 Å². The van der Waals surface area contributed by atoms with Crippen LogP contribution in [-0.2, 0) is 0 Å². The van der Waals surface area contributed by atoms with Gasteiger partial charge in [0.15, 0.2) is 0 Å². The highest BCUT2D eigenvalue weighted by molar-refractivity contribution is 6.33. The SMILES string of the molecule is COc1ccc(OC)c(NC(=O)N[C@@H](c2ccccc2)c2nnc(-c3ccccc3Cl)o2)c1. The predicted octanol–water partition coefficient (Wildman–Crippen LogP) is 5.32. The van der Waals surface area contributed by atoms with Crippen LogP contribution in [0.3, 0.4) is 0 Å². The summed E-state index contributed by atoms with van der Waals surface area (Å²) in [5, 5.41) is 14.5. The Bertz CT molecular complexity index is 1250. The smallest absolute Gasteiger partial charge is 0.320 e. The van der Waals surface area contributed by atoms with Gasteiger partial charge in [0.2, 0.25) is 11.8 Å². The Labute approximate surface area is 195 Å². The molecule has 2 N–H and O–H groups in total. The number of nitrogens with one attached hydrogen (secondary N) is 2. The number of benzene rings is 3. The molecule has 9 heteroatoms. The van der Waals surface area contributed by atoms with E-state index in [1.165, 1.54) is 7.11 Å². The number of nitrogens with zero attached hydrogens (tertiary/aromatic N) is 2. The van der Waals surface area contributed by atoms with Crippen molar-refractivity contribution in [1.82, 2.24) is 15.5 Å². The van der Waals surface area contributed by atoms with E-state index in [1.54, 1.807) is 37.4 Å². The van der Waals surface area contributed by atoms with E-state index in [-0.39, 0.29) is 11.8 Å². The second kappa shape index (κ2) is 10.1. The number of hydrogen-bond donors (Lipinski definition) is 2. The molecule has 0 bridgehead atoms. The van der Waals surface area contributed by atoms with E-state index < -0.39 is 12.1 Å². The fraction of sp³-hybridized carbons (Fsp3) is 0.125. The van der Waals surface area contributed by atoms with Crippen molar-refractivity contribution in [2.24, 2.45) is 0 Å². The van der Waals surface area contributed by atoms with Crippen molar-refractivity contribution in [2.75, 3.05) is 19.5 Å². The summed E-state index contributed by atoms with van der Waals surface area (Å²) in [6.07, 6.45) is 0. The van der Waals surface area contributed by atoms with Gasteiger partial charge in [-0.15, -0.1) is 10.2 Å². The molecular weight excluding hydrogens is 444 g/mol. The molecule has 4 rings (SSSR count). The number of rotatable bonds is 7. The molecule has 1 heterocycles. The van der Waals surface area contributed by atoms with Gasteiger partial charge in [0.1, 0.15) is 17.5 Å². The van der Waals surface area contributed by atoms with Crippen LogP contribution in [0.5, 0.6) is 11.5 Å². The third-order valence-corrected chi connectivity index (χ3v) is 5.18. The molecule has 0 spiro atoms. The average molecular weight is 465 g/mol. The van der Waals surface area contributed by atoms with E-state index in [0.29, 0.717) is 27.8 Å². The van der Waals surface area contributed by atoms with Crippen LogP contribution in [0, 0.1) is 0 Å². The van der Waals surface area contributed by atoms with Gasteiger partial charge in [0, 0.05) is 6.07 Å². The van der Waals surface area contributed by atoms with Crippen molar-refractivity contribution in [2.45, 2.75) is 6.04 Å². The first-order valence-electron chi connectivity index (χ1n) is 10.0. The Hall–Kier alpha value is -4.04. The number of carbonyl (C=O) groups is 1. The highest BCUT2D eigenvalue weighted by atomic mass is 35.5. The number of aromatic nitrogens is 2. The first-order valence-corrected chi connectivity index (χ1v) is 10.4. The zero-order valence-corrected chi connectivity index (χ0v) is 18.7. The molecule has 0 aliphatic heterocycles. The molecule has 8 nitrogen and oxygen atoms in total. The summed E-state index contributed by atoms with van der Waals surface area (Å²) in [6.45, 7) is 0. The topological polar surface area (TPSA) is 98.5 Å². The van der Waals surface area contributed by atoms with Crippen LogP contribution >= 0.6 is 11.6 Å². The second-order valence-electron chi connectivity index (χ2n) is 6.93. The average Bonchev–Trinajstić information content (AvgIpc) is 3.33. The standard InChI is InChI=1S/C24H21ClN4O4/c1-31-16-12-13-20(32-2)19(14-16)26-24(30)27-21(15-8-4-3-5-9-15)23-29-28-22(33-23)17-10-6-7-11-18(17)25/h3-14,21H,1-2H3,(H2,26,27,30)/t21-/m0/s1. The Balaban J connectivity index is 1.62. The Kier molecular flexibility index (Phi) is 6.75. The number of carbonyl (C=O) groups excluding carboxylic acids is 1. The minimum atomic E-state index is -0.702. The van der Waals surface area contributed by atoms with E-state index in [4.69, 9.17) is 25.5 Å².